The highest BCUT2D eigenvalue weighted by Crippen LogP contribution is 2.30. The summed E-state index contributed by atoms with van der Waals surface area (Å²) in [6.07, 6.45) is 0.509. The Bertz CT molecular complexity index is 798. The van der Waals surface area contributed by atoms with Gasteiger partial charge in [0.1, 0.15) is 5.78 Å². The summed E-state index contributed by atoms with van der Waals surface area (Å²) in [6, 6.07) is 21.1. The largest absolute Gasteiger partial charge is 0.300 e. The molecule has 3 aromatic carbocycles. The van der Waals surface area contributed by atoms with Crippen LogP contribution >= 0.6 is 0 Å². The monoisotopic (exact) mass is 274 g/mol. The van der Waals surface area contributed by atoms with Gasteiger partial charge in [0.05, 0.1) is 0 Å². The van der Waals surface area contributed by atoms with Crippen LogP contribution in [0, 0.1) is 6.92 Å². The fraction of sp³-hybridized carbons (Fsp3) is 0.150. The van der Waals surface area contributed by atoms with E-state index in [4.69, 9.17) is 0 Å². The lowest BCUT2D eigenvalue weighted by Crippen LogP contribution is -1.95. The quantitative estimate of drug-likeness (QED) is 0.660. The van der Waals surface area contributed by atoms with E-state index >= 15 is 0 Å². The summed E-state index contributed by atoms with van der Waals surface area (Å²) in [5.41, 5.74) is 4.80. The molecule has 1 nitrogen and oxygen atoms in total. The van der Waals surface area contributed by atoms with Crippen molar-refractivity contribution in [2.45, 2.75) is 20.3 Å². The Morgan fingerprint density at radius 2 is 1.52 bits per heavy atom. The van der Waals surface area contributed by atoms with Gasteiger partial charge in [-0.2, -0.15) is 0 Å². The van der Waals surface area contributed by atoms with Crippen LogP contribution < -0.4 is 0 Å². The van der Waals surface area contributed by atoms with Crippen LogP contribution in [-0.2, 0) is 11.2 Å². The van der Waals surface area contributed by atoms with Gasteiger partial charge in [0.2, 0.25) is 0 Å². The van der Waals surface area contributed by atoms with E-state index in [9.17, 15) is 4.79 Å². The number of carbonyl (C=O) groups excluding carboxylic acids is 1. The molecule has 0 heterocycles. The molecule has 0 saturated carbocycles. The van der Waals surface area contributed by atoms with Gasteiger partial charge in [-0.25, -0.2) is 0 Å². The van der Waals surface area contributed by atoms with Gasteiger partial charge in [-0.15, -0.1) is 0 Å². The van der Waals surface area contributed by atoms with Gasteiger partial charge >= 0.3 is 0 Å². The zero-order chi connectivity index (χ0) is 14.8. The first-order valence-electron chi connectivity index (χ1n) is 7.22. The molecule has 0 amide bonds. The third-order valence-corrected chi connectivity index (χ3v) is 3.86. The highest BCUT2D eigenvalue weighted by atomic mass is 16.1. The van der Waals surface area contributed by atoms with Gasteiger partial charge in [-0.1, -0.05) is 60.7 Å². The van der Waals surface area contributed by atoms with Crippen LogP contribution in [0.5, 0.6) is 0 Å². The van der Waals surface area contributed by atoms with E-state index < -0.39 is 0 Å². The highest BCUT2D eigenvalue weighted by Gasteiger charge is 2.06. The molecule has 0 N–H and O–H groups in total. The van der Waals surface area contributed by atoms with E-state index in [0.717, 1.165) is 5.56 Å². The number of Topliss-reactive ketones (excluding diaryl/α,β-unsaturated/α-hetero) is 1. The third-order valence-electron chi connectivity index (χ3n) is 3.86. The highest BCUT2D eigenvalue weighted by molar-refractivity contribution is 5.98. The lowest BCUT2D eigenvalue weighted by atomic mass is 9.94. The van der Waals surface area contributed by atoms with Gasteiger partial charge in [0.25, 0.3) is 0 Å². The van der Waals surface area contributed by atoms with Crippen molar-refractivity contribution in [1.82, 2.24) is 0 Å². The molecule has 0 unspecified atom stereocenters. The van der Waals surface area contributed by atoms with E-state index in [1.807, 2.05) is 12.1 Å². The number of rotatable bonds is 3. The summed E-state index contributed by atoms with van der Waals surface area (Å²) >= 11 is 0. The fourth-order valence-corrected chi connectivity index (χ4v) is 2.79. The molecule has 0 radical (unpaired) electrons. The average molecular weight is 274 g/mol. The van der Waals surface area contributed by atoms with Gasteiger partial charge in [0, 0.05) is 6.42 Å². The van der Waals surface area contributed by atoms with Crippen molar-refractivity contribution in [3.05, 3.63) is 71.8 Å². The lowest BCUT2D eigenvalue weighted by Gasteiger charge is -2.10. The molecule has 21 heavy (non-hydrogen) atoms. The lowest BCUT2D eigenvalue weighted by molar-refractivity contribution is -0.116. The van der Waals surface area contributed by atoms with Crippen LogP contribution in [-0.4, -0.2) is 5.78 Å². The zero-order valence-corrected chi connectivity index (χ0v) is 12.4. The maximum atomic E-state index is 11.2. The average Bonchev–Trinajstić information content (AvgIpc) is 2.48. The minimum absolute atomic E-state index is 0.198. The van der Waals surface area contributed by atoms with E-state index in [1.165, 1.54) is 27.5 Å². The zero-order valence-electron chi connectivity index (χ0n) is 12.4. The minimum Gasteiger partial charge on any atom is -0.300 e. The standard InChI is InChI=1S/C20H18O/c1-14-7-12-19(20-6-4-3-5-18(14)20)17-10-8-16(9-11-17)13-15(2)21/h3-12H,13H2,1-2H3. The van der Waals surface area contributed by atoms with Crippen molar-refractivity contribution < 1.29 is 4.79 Å². The molecule has 0 aromatic heterocycles. The second kappa shape index (κ2) is 5.53. The Morgan fingerprint density at radius 3 is 2.19 bits per heavy atom. The predicted molar refractivity (Wildman–Crippen MR) is 88.5 cm³/mol. The molecule has 0 bridgehead atoms. The Morgan fingerprint density at radius 1 is 0.857 bits per heavy atom. The number of benzene rings is 3. The molecule has 0 saturated heterocycles. The van der Waals surface area contributed by atoms with Crippen molar-refractivity contribution in [3.8, 4) is 11.1 Å². The molecular weight excluding hydrogens is 256 g/mol. The summed E-state index contributed by atoms with van der Waals surface area (Å²) in [5, 5.41) is 2.57. The van der Waals surface area contributed by atoms with Gasteiger partial charge in [-0.3, -0.25) is 4.79 Å². The van der Waals surface area contributed by atoms with E-state index in [2.05, 4.69) is 55.5 Å². The molecule has 0 aliphatic heterocycles. The normalized spacial score (nSPS) is 10.8. The molecule has 0 atom stereocenters. The molecule has 0 spiro atoms. The maximum Gasteiger partial charge on any atom is 0.134 e. The first-order chi connectivity index (χ1) is 10.1. The smallest absolute Gasteiger partial charge is 0.134 e. The Balaban J connectivity index is 2.08. The number of carbonyl (C=O) groups is 1. The van der Waals surface area contributed by atoms with Crippen LogP contribution in [0.1, 0.15) is 18.1 Å². The minimum atomic E-state index is 0.198. The summed E-state index contributed by atoms with van der Waals surface area (Å²) in [5.74, 6) is 0.198. The second-order valence-electron chi connectivity index (χ2n) is 5.55. The van der Waals surface area contributed by atoms with Crippen LogP contribution in [0.25, 0.3) is 21.9 Å². The van der Waals surface area contributed by atoms with Gasteiger partial charge < -0.3 is 0 Å². The second-order valence-corrected chi connectivity index (χ2v) is 5.55. The Hall–Kier alpha value is -2.41. The van der Waals surface area contributed by atoms with Crippen molar-refractivity contribution in [2.24, 2.45) is 0 Å². The van der Waals surface area contributed by atoms with Gasteiger partial charge in [0.15, 0.2) is 0 Å². The SMILES string of the molecule is CC(=O)Cc1ccc(-c2ccc(C)c3ccccc23)cc1. The number of fused-ring (bicyclic) bond motifs is 1. The molecule has 3 aromatic rings. The summed E-state index contributed by atoms with van der Waals surface area (Å²) < 4.78 is 0. The predicted octanol–water partition coefficient (Wildman–Crippen LogP) is 4.95. The summed E-state index contributed by atoms with van der Waals surface area (Å²) in [4.78, 5) is 11.2. The van der Waals surface area contributed by atoms with E-state index in [1.54, 1.807) is 6.92 Å². The number of aryl methyl sites for hydroxylation is 1. The van der Waals surface area contributed by atoms with Crippen molar-refractivity contribution in [2.75, 3.05) is 0 Å². The third kappa shape index (κ3) is 2.73. The molecule has 104 valence electrons. The van der Waals surface area contributed by atoms with Crippen molar-refractivity contribution in [3.63, 3.8) is 0 Å². The van der Waals surface area contributed by atoms with Crippen LogP contribution in [0.15, 0.2) is 60.7 Å². The van der Waals surface area contributed by atoms with E-state index in [0.29, 0.717) is 6.42 Å². The molecule has 0 aliphatic carbocycles. The van der Waals surface area contributed by atoms with Crippen LogP contribution in [0.2, 0.25) is 0 Å². The molecule has 0 fully saturated rings. The van der Waals surface area contributed by atoms with Crippen LogP contribution in [0.3, 0.4) is 0 Å². The fourth-order valence-electron chi connectivity index (χ4n) is 2.79. The number of hydrogen-bond donors (Lipinski definition) is 0. The Labute approximate surface area is 125 Å². The Kier molecular flexibility index (Phi) is 3.57. The molecule has 0 aliphatic rings. The number of ketones is 1. The maximum absolute atomic E-state index is 11.2. The van der Waals surface area contributed by atoms with Crippen molar-refractivity contribution >= 4 is 16.6 Å². The summed E-state index contributed by atoms with van der Waals surface area (Å²) in [6.45, 7) is 3.77. The topological polar surface area (TPSA) is 17.1 Å². The van der Waals surface area contributed by atoms with Crippen LogP contribution in [0.4, 0.5) is 0 Å². The molecule has 3 rings (SSSR count). The van der Waals surface area contributed by atoms with Crippen molar-refractivity contribution in [1.29, 1.82) is 0 Å². The first kappa shape index (κ1) is 13.6. The number of hydrogen-bond acceptors (Lipinski definition) is 1. The first-order valence-corrected chi connectivity index (χ1v) is 7.22. The van der Waals surface area contributed by atoms with Gasteiger partial charge in [-0.05, 0) is 46.9 Å². The van der Waals surface area contributed by atoms with E-state index in [-0.39, 0.29) is 5.78 Å². The molecular formula is C20H18O. The molecule has 1 heteroatoms. The summed E-state index contributed by atoms with van der Waals surface area (Å²) in [7, 11) is 0.